The molecule has 1 aromatic carbocycles. The van der Waals surface area contributed by atoms with Crippen LogP contribution in [0.1, 0.15) is 42.5 Å². The highest BCUT2D eigenvalue weighted by Crippen LogP contribution is 2.25. The highest BCUT2D eigenvalue weighted by molar-refractivity contribution is 6.06. The van der Waals surface area contributed by atoms with E-state index in [2.05, 4.69) is 15.4 Å². The van der Waals surface area contributed by atoms with Crippen LogP contribution in [0.3, 0.4) is 0 Å². The van der Waals surface area contributed by atoms with Gasteiger partial charge in [-0.3, -0.25) is 14.4 Å². The largest absolute Gasteiger partial charge is 0.469 e. The average Bonchev–Trinajstić information content (AvgIpc) is 3.09. The second-order valence-corrected chi connectivity index (χ2v) is 7.30. The number of hydrogen-bond acceptors (Lipinski definition) is 4. The van der Waals surface area contributed by atoms with Gasteiger partial charge >= 0.3 is 5.97 Å². The third-order valence-corrected chi connectivity index (χ3v) is 5.46. The number of carbonyl (C=O) groups is 3. The molecule has 2 aromatic rings. The van der Waals surface area contributed by atoms with E-state index in [1.807, 2.05) is 42.1 Å². The first-order chi connectivity index (χ1) is 13.5. The number of esters is 1. The summed E-state index contributed by atoms with van der Waals surface area (Å²) in [5, 5.41) is 6.86. The molecule has 150 valence electrons. The number of benzene rings is 1. The summed E-state index contributed by atoms with van der Waals surface area (Å²) in [5.41, 5.74) is 1.71. The normalized spacial score (nSPS) is 19.2. The van der Waals surface area contributed by atoms with E-state index in [1.165, 1.54) is 7.11 Å². The van der Waals surface area contributed by atoms with Crippen molar-refractivity contribution in [3.05, 3.63) is 36.0 Å². The number of nitrogens with one attached hydrogen (secondary N) is 2. The predicted octanol–water partition coefficient (Wildman–Crippen LogP) is 2.15. The fraction of sp³-hybridized carbons (Fsp3) is 0.476. The van der Waals surface area contributed by atoms with Crippen molar-refractivity contribution in [3.63, 3.8) is 0 Å². The van der Waals surface area contributed by atoms with Gasteiger partial charge in [0.15, 0.2) is 0 Å². The zero-order chi connectivity index (χ0) is 20.1. The van der Waals surface area contributed by atoms with Gasteiger partial charge in [-0.2, -0.15) is 0 Å². The molecule has 0 bridgehead atoms. The summed E-state index contributed by atoms with van der Waals surface area (Å²) < 4.78 is 6.56. The Labute approximate surface area is 164 Å². The van der Waals surface area contributed by atoms with Crippen LogP contribution in [-0.4, -0.2) is 42.0 Å². The van der Waals surface area contributed by atoms with Crippen molar-refractivity contribution in [2.45, 2.75) is 38.1 Å². The van der Waals surface area contributed by atoms with Crippen LogP contribution >= 0.6 is 0 Å². The number of rotatable bonds is 6. The predicted molar refractivity (Wildman–Crippen MR) is 106 cm³/mol. The molecule has 1 fully saturated rings. The monoisotopic (exact) mass is 385 g/mol. The van der Waals surface area contributed by atoms with Gasteiger partial charge in [0.1, 0.15) is 0 Å². The SMILES string of the molecule is COC(=O)CCNC(=O)C1CCC(NC(=O)c2cccc3c2ccn3C)CC1. The number of fused-ring (bicyclic) bond motifs is 1. The molecule has 0 atom stereocenters. The molecule has 28 heavy (non-hydrogen) atoms. The summed E-state index contributed by atoms with van der Waals surface area (Å²) in [6, 6.07) is 7.77. The van der Waals surface area contributed by atoms with E-state index in [9.17, 15) is 14.4 Å². The Morgan fingerprint density at radius 2 is 1.89 bits per heavy atom. The van der Waals surface area contributed by atoms with Crippen LogP contribution in [0.5, 0.6) is 0 Å². The van der Waals surface area contributed by atoms with Crippen molar-refractivity contribution in [1.82, 2.24) is 15.2 Å². The van der Waals surface area contributed by atoms with E-state index < -0.39 is 0 Å². The van der Waals surface area contributed by atoms with Crippen LogP contribution in [-0.2, 0) is 21.4 Å². The van der Waals surface area contributed by atoms with Crippen molar-refractivity contribution in [2.24, 2.45) is 13.0 Å². The number of nitrogens with zero attached hydrogens (tertiary/aromatic N) is 1. The number of hydrogen-bond donors (Lipinski definition) is 2. The molecule has 1 aliphatic carbocycles. The molecule has 1 aliphatic rings. The van der Waals surface area contributed by atoms with Gasteiger partial charge in [-0.25, -0.2) is 0 Å². The molecule has 7 heteroatoms. The molecular formula is C21H27N3O4. The molecule has 0 saturated heterocycles. The first-order valence-electron chi connectivity index (χ1n) is 9.69. The molecule has 0 radical (unpaired) electrons. The van der Waals surface area contributed by atoms with Gasteiger partial charge < -0.3 is 19.9 Å². The van der Waals surface area contributed by atoms with Crippen LogP contribution in [0.4, 0.5) is 0 Å². The maximum atomic E-state index is 12.7. The topological polar surface area (TPSA) is 89.4 Å². The quantitative estimate of drug-likeness (QED) is 0.746. The Bertz CT molecular complexity index is 866. The minimum Gasteiger partial charge on any atom is -0.469 e. The number of aromatic nitrogens is 1. The number of carbonyl (C=O) groups excluding carboxylic acids is 3. The number of methoxy groups -OCH3 is 1. The summed E-state index contributed by atoms with van der Waals surface area (Å²) in [5.74, 6) is -0.492. The summed E-state index contributed by atoms with van der Waals surface area (Å²) in [6.07, 6.45) is 5.12. The first kappa shape index (κ1) is 19.9. The number of aryl methyl sites for hydroxylation is 1. The molecule has 2 N–H and O–H groups in total. The van der Waals surface area contributed by atoms with Crippen molar-refractivity contribution < 1.29 is 19.1 Å². The smallest absolute Gasteiger partial charge is 0.307 e. The third kappa shape index (κ3) is 4.52. The second-order valence-electron chi connectivity index (χ2n) is 7.30. The zero-order valence-electron chi connectivity index (χ0n) is 16.4. The molecule has 3 rings (SSSR count). The van der Waals surface area contributed by atoms with Gasteiger partial charge in [-0.1, -0.05) is 6.07 Å². The lowest BCUT2D eigenvalue weighted by Gasteiger charge is -2.28. The molecular weight excluding hydrogens is 358 g/mol. The van der Waals surface area contributed by atoms with Crippen molar-refractivity contribution >= 4 is 28.7 Å². The van der Waals surface area contributed by atoms with E-state index in [4.69, 9.17) is 0 Å². The number of ether oxygens (including phenoxy) is 1. The maximum Gasteiger partial charge on any atom is 0.307 e. The third-order valence-electron chi connectivity index (χ3n) is 5.46. The highest BCUT2D eigenvalue weighted by atomic mass is 16.5. The fourth-order valence-corrected chi connectivity index (χ4v) is 3.80. The van der Waals surface area contributed by atoms with Gasteiger partial charge in [0.05, 0.1) is 13.5 Å². The van der Waals surface area contributed by atoms with Crippen molar-refractivity contribution in [1.29, 1.82) is 0 Å². The van der Waals surface area contributed by atoms with Crippen LogP contribution in [0, 0.1) is 5.92 Å². The molecule has 1 saturated carbocycles. The molecule has 0 aliphatic heterocycles. The highest BCUT2D eigenvalue weighted by Gasteiger charge is 2.27. The Hall–Kier alpha value is -2.83. The Morgan fingerprint density at radius 3 is 2.61 bits per heavy atom. The minimum atomic E-state index is -0.333. The molecule has 0 unspecified atom stereocenters. The standard InChI is InChI=1S/C21H27N3O4/c1-24-13-11-16-17(4-3-5-18(16)24)21(27)23-15-8-6-14(7-9-15)20(26)22-12-10-19(25)28-2/h3-5,11,13-15H,6-10,12H2,1-2H3,(H,22,26)(H,23,27). The number of amides is 2. The lowest BCUT2D eigenvalue weighted by molar-refractivity contribution is -0.140. The van der Waals surface area contributed by atoms with Crippen LogP contribution in [0.25, 0.3) is 10.9 Å². The van der Waals surface area contributed by atoms with Gasteiger partial charge in [0.2, 0.25) is 5.91 Å². The van der Waals surface area contributed by atoms with Gasteiger partial charge in [0, 0.05) is 48.2 Å². The average molecular weight is 385 g/mol. The van der Waals surface area contributed by atoms with Gasteiger partial charge in [-0.15, -0.1) is 0 Å². The maximum absolute atomic E-state index is 12.7. The summed E-state index contributed by atoms with van der Waals surface area (Å²) in [6.45, 7) is 0.295. The lowest BCUT2D eigenvalue weighted by atomic mass is 9.85. The molecule has 1 heterocycles. The molecule has 1 aromatic heterocycles. The van der Waals surface area contributed by atoms with Crippen LogP contribution in [0.15, 0.2) is 30.5 Å². The zero-order valence-corrected chi connectivity index (χ0v) is 16.4. The van der Waals surface area contributed by atoms with E-state index >= 15 is 0 Å². The van der Waals surface area contributed by atoms with E-state index in [1.54, 1.807) is 0 Å². The Morgan fingerprint density at radius 1 is 1.14 bits per heavy atom. The van der Waals surface area contributed by atoms with Crippen LogP contribution in [0.2, 0.25) is 0 Å². The summed E-state index contributed by atoms with van der Waals surface area (Å²) >= 11 is 0. The minimum absolute atomic E-state index is 0.0252. The first-order valence-corrected chi connectivity index (χ1v) is 9.69. The molecule has 7 nitrogen and oxygen atoms in total. The molecule has 2 amide bonds. The van der Waals surface area contributed by atoms with E-state index in [0.717, 1.165) is 36.6 Å². The Balaban J connectivity index is 1.49. The fourth-order valence-electron chi connectivity index (χ4n) is 3.80. The molecule has 0 spiro atoms. The summed E-state index contributed by atoms with van der Waals surface area (Å²) in [7, 11) is 3.29. The van der Waals surface area contributed by atoms with E-state index in [-0.39, 0.29) is 36.2 Å². The van der Waals surface area contributed by atoms with E-state index in [0.29, 0.717) is 12.1 Å². The van der Waals surface area contributed by atoms with Crippen molar-refractivity contribution in [2.75, 3.05) is 13.7 Å². The Kier molecular flexibility index (Phi) is 6.34. The van der Waals surface area contributed by atoms with Gasteiger partial charge in [0.25, 0.3) is 5.91 Å². The summed E-state index contributed by atoms with van der Waals surface area (Å²) in [4.78, 5) is 36.1. The lowest BCUT2D eigenvalue weighted by Crippen LogP contribution is -2.41. The second kappa shape index (κ2) is 8.91. The van der Waals surface area contributed by atoms with Crippen molar-refractivity contribution in [3.8, 4) is 0 Å². The van der Waals surface area contributed by atoms with Crippen LogP contribution < -0.4 is 10.6 Å². The van der Waals surface area contributed by atoms with Gasteiger partial charge in [-0.05, 0) is 43.9 Å².